The van der Waals surface area contributed by atoms with E-state index in [1.54, 1.807) is 43.1 Å². The predicted octanol–water partition coefficient (Wildman–Crippen LogP) is 3.13. The third-order valence-electron chi connectivity index (χ3n) is 5.42. The highest BCUT2D eigenvalue weighted by atomic mass is 32.1. The van der Waals surface area contributed by atoms with Crippen LogP contribution in [0.4, 0.5) is 10.8 Å². The van der Waals surface area contributed by atoms with Crippen molar-refractivity contribution < 1.29 is 14.3 Å². The zero-order chi connectivity index (χ0) is 22.5. The van der Waals surface area contributed by atoms with Crippen LogP contribution >= 0.6 is 11.3 Å². The van der Waals surface area contributed by atoms with Crippen LogP contribution in [0.15, 0.2) is 36.5 Å². The molecule has 4 rings (SSSR count). The SMILES string of the molecule is CCCN1CCN(c2nnc(-n3cccc3C(=O)Nc3ccc(OC)c(OC)c3)s2)CC1. The number of aromatic nitrogens is 3. The molecule has 0 spiro atoms. The lowest BCUT2D eigenvalue weighted by Crippen LogP contribution is -2.46. The number of hydrogen-bond acceptors (Lipinski definition) is 8. The Labute approximate surface area is 191 Å². The molecule has 3 aromatic rings. The minimum absolute atomic E-state index is 0.243. The van der Waals surface area contributed by atoms with Crippen molar-refractivity contribution >= 4 is 28.1 Å². The Balaban J connectivity index is 1.47. The second-order valence-electron chi connectivity index (χ2n) is 7.48. The molecule has 0 bridgehead atoms. The summed E-state index contributed by atoms with van der Waals surface area (Å²) in [7, 11) is 3.13. The van der Waals surface area contributed by atoms with E-state index >= 15 is 0 Å². The van der Waals surface area contributed by atoms with Crippen molar-refractivity contribution in [1.82, 2.24) is 19.7 Å². The topological polar surface area (TPSA) is 84.8 Å². The van der Waals surface area contributed by atoms with E-state index in [4.69, 9.17) is 9.47 Å². The summed E-state index contributed by atoms with van der Waals surface area (Å²) in [6, 6.07) is 8.85. The van der Waals surface area contributed by atoms with Crippen molar-refractivity contribution in [3.63, 3.8) is 0 Å². The lowest BCUT2D eigenvalue weighted by Gasteiger charge is -2.33. The highest BCUT2D eigenvalue weighted by molar-refractivity contribution is 7.17. The molecular formula is C22H28N6O3S. The molecule has 1 aliphatic rings. The number of anilines is 2. The Morgan fingerprint density at radius 3 is 2.53 bits per heavy atom. The smallest absolute Gasteiger partial charge is 0.272 e. The number of amides is 1. The first-order valence-electron chi connectivity index (χ1n) is 10.6. The maximum Gasteiger partial charge on any atom is 0.272 e. The standard InChI is InChI=1S/C22H28N6O3S/c1-4-9-26-11-13-27(14-12-26)21-24-25-22(32-21)28-10-5-6-17(28)20(29)23-16-7-8-18(30-2)19(15-16)31-3/h5-8,10,15H,4,9,11-14H2,1-3H3,(H,23,29). The minimum atomic E-state index is -0.243. The quantitative estimate of drug-likeness (QED) is 0.557. The number of nitrogens with one attached hydrogen (secondary N) is 1. The average molecular weight is 457 g/mol. The number of methoxy groups -OCH3 is 2. The summed E-state index contributed by atoms with van der Waals surface area (Å²) in [6.07, 6.45) is 3.00. The fourth-order valence-corrected chi connectivity index (χ4v) is 4.65. The Morgan fingerprint density at radius 1 is 1.06 bits per heavy atom. The van der Waals surface area contributed by atoms with Gasteiger partial charge < -0.3 is 19.7 Å². The number of carbonyl (C=O) groups excluding carboxylic acids is 1. The Bertz CT molecular complexity index is 1060. The van der Waals surface area contributed by atoms with Gasteiger partial charge in [-0.05, 0) is 37.2 Å². The molecule has 1 aromatic carbocycles. The van der Waals surface area contributed by atoms with E-state index in [1.165, 1.54) is 17.8 Å². The molecule has 0 saturated carbocycles. The van der Waals surface area contributed by atoms with Crippen LogP contribution in [0.1, 0.15) is 23.8 Å². The van der Waals surface area contributed by atoms with Crippen LogP contribution in [0.2, 0.25) is 0 Å². The molecule has 170 valence electrons. The van der Waals surface area contributed by atoms with Gasteiger partial charge in [0.05, 0.1) is 14.2 Å². The van der Waals surface area contributed by atoms with Crippen LogP contribution in [-0.2, 0) is 0 Å². The van der Waals surface area contributed by atoms with E-state index in [0.29, 0.717) is 28.0 Å². The summed E-state index contributed by atoms with van der Waals surface area (Å²) < 4.78 is 12.3. The Kier molecular flexibility index (Phi) is 6.91. The van der Waals surface area contributed by atoms with E-state index in [1.807, 2.05) is 12.3 Å². The average Bonchev–Trinajstić information content (AvgIpc) is 3.49. The van der Waals surface area contributed by atoms with Crippen LogP contribution in [-0.4, -0.2) is 72.5 Å². The zero-order valence-electron chi connectivity index (χ0n) is 18.6. The molecule has 1 saturated heterocycles. The molecule has 1 aliphatic heterocycles. The fourth-order valence-electron chi connectivity index (χ4n) is 3.75. The van der Waals surface area contributed by atoms with Gasteiger partial charge in [-0.3, -0.25) is 14.3 Å². The van der Waals surface area contributed by atoms with Crippen molar-refractivity contribution in [3.05, 3.63) is 42.2 Å². The first-order chi connectivity index (χ1) is 15.6. The van der Waals surface area contributed by atoms with Crippen molar-refractivity contribution in [2.45, 2.75) is 13.3 Å². The van der Waals surface area contributed by atoms with Gasteiger partial charge in [0.15, 0.2) is 11.5 Å². The number of benzene rings is 1. The third-order valence-corrected chi connectivity index (χ3v) is 6.40. The van der Waals surface area contributed by atoms with Gasteiger partial charge in [0.2, 0.25) is 10.3 Å². The number of rotatable bonds is 8. The Hall–Kier alpha value is -3.11. The molecule has 1 fully saturated rings. The molecule has 0 aliphatic carbocycles. The van der Waals surface area contributed by atoms with Crippen molar-refractivity contribution in [1.29, 1.82) is 0 Å². The first kappa shape index (κ1) is 22.1. The summed E-state index contributed by atoms with van der Waals surface area (Å²) >= 11 is 1.49. The summed E-state index contributed by atoms with van der Waals surface area (Å²) in [4.78, 5) is 17.7. The van der Waals surface area contributed by atoms with Crippen LogP contribution in [0.5, 0.6) is 11.5 Å². The highest BCUT2D eigenvalue weighted by Gasteiger charge is 2.21. The van der Waals surface area contributed by atoms with Crippen molar-refractivity contribution in [2.24, 2.45) is 0 Å². The van der Waals surface area contributed by atoms with E-state index in [2.05, 4.69) is 32.2 Å². The van der Waals surface area contributed by atoms with Gasteiger partial charge in [0.25, 0.3) is 5.91 Å². The van der Waals surface area contributed by atoms with E-state index in [-0.39, 0.29) is 5.91 Å². The largest absolute Gasteiger partial charge is 0.493 e. The molecule has 10 heteroatoms. The summed E-state index contributed by atoms with van der Waals surface area (Å²) in [5.74, 6) is 0.909. The zero-order valence-corrected chi connectivity index (χ0v) is 19.4. The molecule has 0 radical (unpaired) electrons. The summed E-state index contributed by atoms with van der Waals surface area (Å²) in [5.41, 5.74) is 1.10. The molecule has 9 nitrogen and oxygen atoms in total. The summed E-state index contributed by atoms with van der Waals surface area (Å²) in [6.45, 7) is 7.28. The Morgan fingerprint density at radius 2 is 1.81 bits per heavy atom. The molecule has 3 heterocycles. The van der Waals surface area contributed by atoms with Gasteiger partial charge in [0, 0.05) is 44.1 Å². The maximum atomic E-state index is 13.0. The normalized spacial score (nSPS) is 14.4. The second kappa shape index (κ2) is 10.0. The molecule has 0 atom stereocenters. The molecule has 1 N–H and O–H groups in total. The molecule has 32 heavy (non-hydrogen) atoms. The molecule has 0 unspecified atom stereocenters. The van der Waals surface area contributed by atoms with Crippen LogP contribution in [0.3, 0.4) is 0 Å². The van der Waals surface area contributed by atoms with Crippen LogP contribution < -0.4 is 19.7 Å². The maximum absolute atomic E-state index is 13.0. The van der Waals surface area contributed by atoms with Gasteiger partial charge in [0.1, 0.15) is 5.69 Å². The third kappa shape index (κ3) is 4.71. The number of piperazine rings is 1. The van der Waals surface area contributed by atoms with Gasteiger partial charge in [-0.15, -0.1) is 10.2 Å². The van der Waals surface area contributed by atoms with E-state index < -0.39 is 0 Å². The summed E-state index contributed by atoms with van der Waals surface area (Å²) in [5, 5.41) is 13.2. The highest BCUT2D eigenvalue weighted by Crippen LogP contribution is 2.30. The van der Waals surface area contributed by atoms with Gasteiger partial charge in [-0.2, -0.15) is 0 Å². The fraction of sp³-hybridized carbons (Fsp3) is 0.409. The predicted molar refractivity (Wildman–Crippen MR) is 126 cm³/mol. The lowest BCUT2D eigenvalue weighted by atomic mass is 10.2. The van der Waals surface area contributed by atoms with Crippen LogP contribution in [0.25, 0.3) is 5.13 Å². The second-order valence-corrected chi connectivity index (χ2v) is 8.42. The monoisotopic (exact) mass is 456 g/mol. The van der Waals surface area contributed by atoms with Gasteiger partial charge >= 0.3 is 0 Å². The van der Waals surface area contributed by atoms with E-state index in [0.717, 1.165) is 37.9 Å². The van der Waals surface area contributed by atoms with Gasteiger partial charge in [-0.1, -0.05) is 18.3 Å². The molecule has 2 aromatic heterocycles. The van der Waals surface area contributed by atoms with Gasteiger partial charge in [-0.25, -0.2) is 0 Å². The molecule has 1 amide bonds. The number of carbonyl (C=O) groups is 1. The lowest BCUT2D eigenvalue weighted by molar-refractivity contribution is 0.102. The van der Waals surface area contributed by atoms with Crippen molar-refractivity contribution in [2.75, 3.05) is 57.2 Å². The first-order valence-corrected chi connectivity index (χ1v) is 11.5. The number of hydrogen-bond donors (Lipinski definition) is 1. The van der Waals surface area contributed by atoms with E-state index in [9.17, 15) is 4.79 Å². The molecular weight excluding hydrogens is 428 g/mol. The van der Waals surface area contributed by atoms with Crippen LogP contribution in [0, 0.1) is 0 Å². The minimum Gasteiger partial charge on any atom is -0.493 e. The number of ether oxygens (including phenoxy) is 2. The number of nitrogens with zero attached hydrogens (tertiary/aromatic N) is 5. The van der Waals surface area contributed by atoms with Crippen molar-refractivity contribution in [3.8, 4) is 16.6 Å².